The molecule has 20 heavy (non-hydrogen) atoms. The number of carbonyl (C=O) groups excluding carboxylic acids is 1. The van der Waals surface area contributed by atoms with Gasteiger partial charge in [-0.1, -0.05) is 18.2 Å². The zero-order valence-electron chi connectivity index (χ0n) is 12.5. The number of fused-ring (bicyclic) bond motifs is 1. The molecule has 0 fully saturated rings. The molecule has 4 nitrogen and oxygen atoms in total. The van der Waals surface area contributed by atoms with E-state index in [9.17, 15) is 4.79 Å². The van der Waals surface area contributed by atoms with Crippen molar-refractivity contribution in [3.8, 4) is 0 Å². The molecule has 2 atom stereocenters. The molecule has 1 aromatic carbocycles. The molecule has 1 aromatic rings. The lowest BCUT2D eigenvalue weighted by molar-refractivity contribution is -0.119. The molecule has 0 unspecified atom stereocenters. The summed E-state index contributed by atoms with van der Waals surface area (Å²) in [6.07, 6.45) is 1.01. The number of carbonyl (C=O) groups is 1. The van der Waals surface area contributed by atoms with Crippen molar-refractivity contribution in [2.24, 2.45) is 5.73 Å². The second-order valence-corrected chi connectivity index (χ2v) is 5.71. The van der Waals surface area contributed by atoms with Crippen LogP contribution in [-0.4, -0.2) is 31.2 Å². The minimum Gasteiger partial charge on any atom is -0.377 e. The van der Waals surface area contributed by atoms with Gasteiger partial charge in [0.1, 0.15) is 0 Å². The number of nitrogens with zero attached hydrogens (tertiary/aromatic N) is 1. The van der Waals surface area contributed by atoms with Crippen LogP contribution in [0.5, 0.6) is 0 Å². The molecule has 0 aromatic heterocycles. The Kier molecular flexibility index (Phi) is 4.65. The Balaban J connectivity index is 2.20. The van der Waals surface area contributed by atoms with E-state index in [1.807, 2.05) is 32.0 Å². The largest absolute Gasteiger partial charge is 0.377 e. The Labute approximate surface area is 120 Å². The summed E-state index contributed by atoms with van der Waals surface area (Å²) in [4.78, 5) is 14.0. The third-order valence-electron chi connectivity index (χ3n) is 3.86. The predicted molar refractivity (Wildman–Crippen MR) is 80.9 cm³/mol. The normalized spacial score (nSPS) is 21.9. The second-order valence-electron chi connectivity index (χ2n) is 5.71. The predicted octanol–water partition coefficient (Wildman–Crippen LogP) is 2.28. The highest BCUT2D eigenvalue weighted by molar-refractivity contribution is 5.85. The Bertz CT molecular complexity index is 473. The van der Waals surface area contributed by atoms with Crippen LogP contribution in [0, 0.1) is 0 Å². The summed E-state index contributed by atoms with van der Waals surface area (Å²) in [5.74, 6) is -0.411. The summed E-state index contributed by atoms with van der Waals surface area (Å²) < 4.78 is 5.65. The van der Waals surface area contributed by atoms with Gasteiger partial charge in [-0.05, 0) is 38.8 Å². The van der Waals surface area contributed by atoms with Gasteiger partial charge < -0.3 is 15.4 Å². The molecule has 2 rings (SSSR count). The van der Waals surface area contributed by atoms with Crippen molar-refractivity contribution in [3.05, 3.63) is 29.8 Å². The van der Waals surface area contributed by atoms with Gasteiger partial charge in [0.25, 0.3) is 0 Å². The molecule has 1 aliphatic heterocycles. The Morgan fingerprint density at radius 2 is 2.15 bits per heavy atom. The molecule has 0 aliphatic carbocycles. The van der Waals surface area contributed by atoms with Crippen LogP contribution in [-0.2, 0) is 9.53 Å². The molecule has 0 saturated carbocycles. The van der Waals surface area contributed by atoms with Crippen molar-refractivity contribution in [1.82, 2.24) is 0 Å². The Morgan fingerprint density at radius 3 is 2.80 bits per heavy atom. The number of rotatable bonds is 5. The summed E-state index contributed by atoms with van der Waals surface area (Å²) in [5, 5.41) is 0. The number of hydrogen-bond donors (Lipinski definition) is 1. The number of benzene rings is 1. The van der Waals surface area contributed by atoms with Crippen LogP contribution >= 0.6 is 0 Å². The van der Waals surface area contributed by atoms with Crippen LogP contribution in [0.1, 0.15) is 38.7 Å². The first-order valence-electron chi connectivity index (χ1n) is 7.27. The third-order valence-corrected chi connectivity index (χ3v) is 3.86. The average molecular weight is 276 g/mol. The van der Waals surface area contributed by atoms with E-state index in [-0.39, 0.29) is 24.0 Å². The minimum atomic E-state index is -0.234. The molecule has 1 heterocycles. The van der Waals surface area contributed by atoms with Gasteiger partial charge in [0.15, 0.2) is 0 Å². The molecule has 2 N–H and O–H groups in total. The maximum Gasteiger partial charge on any atom is 0.225 e. The maximum absolute atomic E-state index is 11.7. The van der Waals surface area contributed by atoms with E-state index < -0.39 is 0 Å². The molecule has 0 radical (unpaired) electrons. The van der Waals surface area contributed by atoms with Gasteiger partial charge in [0.05, 0.1) is 18.6 Å². The average Bonchev–Trinajstić information content (AvgIpc) is 2.40. The fourth-order valence-electron chi connectivity index (χ4n) is 2.87. The van der Waals surface area contributed by atoms with Gasteiger partial charge in [-0.25, -0.2) is 0 Å². The summed E-state index contributed by atoms with van der Waals surface area (Å²) in [6, 6.07) is 8.33. The summed E-state index contributed by atoms with van der Waals surface area (Å²) in [5.41, 5.74) is 7.70. The van der Waals surface area contributed by atoms with E-state index in [2.05, 4.69) is 17.9 Å². The lowest BCUT2D eigenvalue weighted by Gasteiger charge is -2.40. The van der Waals surface area contributed by atoms with Gasteiger partial charge in [0.2, 0.25) is 5.91 Å². The minimum absolute atomic E-state index is 0.177. The molecule has 0 saturated heterocycles. The van der Waals surface area contributed by atoms with E-state index in [4.69, 9.17) is 10.5 Å². The molecule has 0 bridgehead atoms. The van der Waals surface area contributed by atoms with E-state index in [1.54, 1.807) is 0 Å². The number of ether oxygens (including phenoxy) is 1. The molecular formula is C16H24N2O2. The monoisotopic (exact) mass is 276 g/mol. The highest BCUT2D eigenvalue weighted by Crippen LogP contribution is 2.37. The summed E-state index contributed by atoms with van der Waals surface area (Å²) >= 11 is 0. The Morgan fingerprint density at radius 1 is 1.45 bits per heavy atom. The lowest BCUT2D eigenvalue weighted by atomic mass is 9.85. The first kappa shape index (κ1) is 14.9. The van der Waals surface area contributed by atoms with Crippen molar-refractivity contribution >= 4 is 11.6 Å². The van der Waals surface area contributed by atoms with Crippen LogP contribution in [0.4, 0.5) is 5.69 Å². The molecule has 110 valence electrons. The fraction of sp³-hybridized carbons (Fsp3) is 0.562. The first-order chi connectivity index (χ1) is 9.50. The zero-order chi connectivity index (χ0) is 14.7. The van der Waals surface area contributed by atoms with Gasteiger partial charge in [-0.15, -0.1) is 0 Å². The SMILES string of the molecule is CC(C)OCCN1c2ccccc2[C@H](C(N)=O)C[C@@H]1C. The van der Waals surface area contributed by atoms with Crippen LogP contribution in [0.2, 0.25) is 0 Å². The summed E-state index contributed by atoms with van der Waals surface area (Å²) in [6.45, 7) is 7.74. The number of nitrogens with two attached hydrogens (primary N) is 1. The number of anilines is 1. The van der Waals surface area contributed by atoms with Crippen molar-refractivity contribution in [2.75, 3.05) is 18.1 Å². The summed E-state index contributed by atoms with van der Waals surface area (Å²) in [7, 11) is 0. The number of primary amides is 1. The van der Waals surface area contributed by atoms with E-state index in [0.717, 1.165) is 24.2 Å². The van der Waals surface area contributed by atoms with Crippen molar-refractivity contribution in [2.45, 2.75) is 45.3 Å². The van der Waals surface area contributed by atoms with Gasteiger partial charge in [-0.3, -0.25) is 4.79 Å². The molecule has 0 spiro atoms. The number of amides is 1. The highest BCUT2D eigenvalue weighted by atomic mass is 16.5. The van der Waals surface area contributed by atoms with E-state index in [0.29, 0.717) is 6.61 Å². The van der Waals surface area contributed by atoms with Gasteiger partial charge in [0, 0.05) is 18.3 Å². The van der Waals surface area contributed by atoms with Crippen LogP contribution in [0.25, 0.3) is 0 Å². The molecule has 1 aliphatic rings. The fourth-order valence-corrected chi connectivity index (χ4v) is 2.87. The standard InChI is InChI=1S/C16H24N2O2/c1-11(2)20-9-8-18-12(3)10-14(16(17)19)13-6-4-5-7-15(13)18/h4-7,11-12,14H,8-10H2,1-3H3,(H2,17,19)/t12-,14+/m0/s1. The Hall–Kier alpha value is -1.55. The zero-order valence-corrected chi connectivity index (χ0v) is 12.5. The molecule has 1 amide bonds. The van der Waals surface area contributed by atoms with Crippen molar-refractivity contribution in [1.29, 1.82) is 0 Å². The van der Waals surface area contributed by atoms with Gasteiger partial charge in [-0.2, -0.15) is 0 Å². The van der Waals surface area contributed by atoms with E-state index >= 15 is 0 Å². The molecule has 4 heteroatoms. The van der Waals surface area contributed by atoms with Gasteiger partial charge >= 0.3 is 0 Å². The lowest BCUT2D eigenvalue weighted by Crippen LogP contribution is -2.43. The van der Waals surface area contributed by atoms with Crippen molar-refractivity contribution < 1.29 is 9.53 Å². The third kappa shape index (κ3) is 3.12. The number of para-hydroxylation sites is 1. The topological polar surface area (TPSA) is 55.6 Å². The second kappa shape index (κ2) is 6.27. The van der Waals surface area contributed by atoms with Crippen molar-refractivity contribution in [3.63, 3.8) is 0 Å². The highest BCUT2D eigenvalue weighted by Gasteiger charge is 2.32. The van der Waals surface area contributed by atoms with Crippen LogP contribution < -0.4 is 10.6 Å². The van der Waals surface area contributed by atoms with E-state index in [1.165, 1.54) is 0 Å². The number of hydrogen-bond acceptors (Lipinski definition) is 3. The first-order valence-corrected chi connectivity index (χ1v) is 7.27. The van der Waals surface area contributed by atoms with Crippen LogP contribution in [0.3, 0.4) is 0 Å². The smallest absolute Gasteiger partial charge is 0.225 e. The quantitative estimate of drug-likeness (QED) is 0.897. The molecular weight excluding hydrogens is 252 g/mol. The maximum atomic E-state index is 11.7. The van der Waals surface area contributed by atoms with Crippen LogP contribution in [0.15, 0.2) is 24.3 Å².